The van der Waals surface area contributed by atoms with Gasteiger partial charge in [0.25, 0.3) is 11.5 Å². The van der Waals surface area contributed by atoms with Crippen molar-refractivity contribution in [3.05, 3.63) is 117 Å². The molecule has 0 atom stereocenters. The molecule has 0 spiro atoms. The summed E-state index contributed by atoms with van der Waals surface area (Å²) in [5, 5.41) is 9.43. The van der Waals surface area contributed by atoms with E-state index in [-0.39, 0.29) is 22.7 Å². The van der Waals surface area contributed by atoms with E-state index in [9.17, 15) is 36.8 Å². The first-order valence-corrected chi connectivity index (χ1v) is 12.8. The van der Waals surface area contributed by atoms with E-state index in [4.69, 9.17) is 0 Å². The molecule has 0 unspecified atom stereocenters. The van der Waals surface area contributed by atoms with Crippen molar-refractivity contribution < 1.29 is 26.7 Å². The Balaban J connectivity index is 1.65. The van der Waals surface area contributed by atoms with Crippen LogP contribution in [0.2, 0.25) is 0 Å². The summed E-state index contributed by atoms with van der Waals surface area (Å²) in [6, 6.07) is 17.9. The van der Waals surface area contributed by atoms with E-state index < -0.39 is 41.0 Å². The van der Waals surface area contributed by atoms with Crippen molar-refractivity contribution in [1.29, 1.82) is 5.26 Å². The number of nitrogens with zero attached hydrogens (tertiary/aromatic N) is 3. The van der Waals surface area contributed by atoms with Crippen molar-refractivity contribution in [2.24, 2.45) is 0 Å². The van der Waals surface area contributed by atoms with E-state index in [1.54, 1.807) is 47.4 Å². The zero-order chi connectivity index (χ0) is 29.3. The standard InChI is InChI=1S/C31H22F5N3O2/c32-24-10-9-23(27(33)15-24)18-39-28(16-26(31(34,35)36)25(17-37)30(39)41)21-7-3-5-19(13-21)20-6-4-8-22(14-20)29(40)38-11-1-2-12-38/h3-10,13-16H,1-2,11-12,18H2. The van der Waals surface area contributed by atoms with E-state index in [0.29, 0.717) is 41.9 Å². The second kappa shape index (κ2) is 11.0. The lowest BCUT2D eigenvalue weighted by Gasteiger charge is -2.19. The minimum atomic E-state index is -5.01. The number of rotatable bonds is 5. The van der Waals surface area contributed by atoms with Gasteiger partial charge in [0.05, 0.1) is 17.8 Å². The highest BCUT2D eigenvalue weighted by molar-refractivity contribution is 5.95. The average Bonchev–Trinajstić information content (AvgIpc) is 3.49. The molecule has 0 saturated carbocycles. The smallest absolute Gasteiger partial charge is 0.339 e. The molecule has 5 nitrogen and oxygen atoms in total. The topological polar surface area (TPSA) is 66.1 Å². The fraction of sp³-hybridized carbons (Fsp3) is 0.194. The van der Waals surface area contributed by atoms with Crippen LogP contribution in [0.25, 0.3) is 22.4 Å². The molecule has 3 aromatic carbocycles. The number of carbonyl (C=O) groups is 1. The third kappa shape index (κ3) is 5.61. The number of benzene rings is 3. The zero-order valence-electron chi connectivity index (χ0n) is 21.5. The van der Waals surface area contributed by atoms with Gasteiger partial charge in [0, 0.05) is 30.3 Å². The van der Waals surface area contributed by atoms with Crippen molar-refractivity contribution in [3.63, 3.8) is 0 Å². The van der Waals surface area contributed by atoms with E-state index in [0.717, 1.165) is 29.5 Å². The molecule has 5 rings (SSSR count). The maximum absolute atomic E-state index is 14.5. The molecule has 0 radical (unpaired) electrons. The van der Waals surface area contributed by atoms with Gasteiger partial charge in [0.2, 0.25) is 0 Å². The lowest BCUT2D eigenvalue weighted by atomic mass is 9.98. The first-order valence-electron chi connectivity index (χ1n) is 12.8. The summed E-state index contributed by atoms with van der Waals surface area (Å²) in [6.45, 7) is 0.799. The van der Waals surface area contributed by atoms with E-state index in [1.165, 1.54) is 12.1 Å². The van der Waals surface area contributed by atoms with Gasteiger partial charge >= 0.3 is 6.18 Å². The number of alkyl halides is 3. The van der Waals surface area contributed by atoms with Gasteiger partial charge in [-0.15, -0.1) is 0 Å². The lowest BCUT2D eigenvalue weighted by molar-refractivity contribution is -0.137. The minimum absolute atomic E-state index is 0.113. The Morgan fingerprint density at radius 3 is 2.20 bits per heavy atom. The largest absolute Gasteiger partial charge is 0.417 e. The minimum Gasteiger partial charge on any atom is -0.339 e. The SMILES string of the molecule is N#Cc1c(C(F)(F)F)cc(-c2cccc(-c3cccc(C(=O)N4CCCC4)c3)c2)n(Cc2ccc(F)cc2F)c1=O. The summed E-state index contributed by atoms with van der Waals surface area (Å²) in [5.74, 6) is -1.96. The van der Waals surface area contributed by atoms with E-state index >= 15 is 0 Å². The van der Waals surface area contributed by atoms with Crippen LogP contribution in [0.15, 0.2) is 77.6 Å². The van der Waals surface area contributed by atoms with Crippen molar-refractivity contribution in [1.82, 2.24) is 9.47 Å². The van der Waals surface area contributed by atoms with Crippen LogP contribution in [-0.4, -0.2) is 28.5 Å². The van der Waals surface area contributed by atoms with Crippen molar-refractivity contribution in [3.8, 4) is 28.5 Å². The molecule has 0 aliphatic carbocycles. The van der Waals surface area contributed by atoms with Crippen molar-refractivity contribution >= 4 is 5.91 Å². The van der Waals surface area contributed by atoms with Gasteiger partial charge in [-0.1, -0.05) is 36.4 Å². The highest BCUT2D eigenvalue weighted by Gasteiger charge is 2.36. The van der Waals surface area contributed by atoms with Gasteiger partial charge in [0.15, 0.2) is 0 Å². The summed E-state index contributed by atoms with van der Waals surface area (Å²) >= 11 is 0. The highest BCUT2D eigenvalue weighted by atomic mass is 19.4. The van der Waals surface area contributed by atoms with E-state index in [2.05, 4.69) is 0 Å². The van der Waals surface area contributed by atoms with Crippen molar-refractivity contribution in [2.45, 2.75) is 25.6 Å². The van der Waals surface area contributed by atoms with E-state index in [1.807, 2.05) is 0 Å². The van der Waals surface area contributed by atoms with Crippen LogP contribution < -0.4 is 5.56 Å². The normalized spacial score (nSPS) is 13.3. The molecule has 41 heavy (non-hydrogen) atoms. The molecule has 2 heterocycles. The highest BCUT2D eigenvalue weighted by Crippen LogP contribution is 2.35. The number of nitriles is 1. The van der Waals surface area contributed by atoms with Gasteiger partial charge in [0.1, 0.15) is 23.3 Å². The fourth-order valence-electron chi connectivity index (χ4n) is 4.99. The van der Waals surface area contributed by atoms with Gasteiger partial charge in [-0.2, -0.15) is 18.4 Å². The first kappa shape index (κ1) is 27.8. The number of hydrogen-bond acceptors (Lipinski definition) is 3. The zero-order valence-corrected chi connectivity index (χ0v) is 21.5. The summed E-state index contributed by atoms with van der Waals surface area (Å²) < 4.78 is 70.7. The molecule has 10 heteroatoms. The molecule has 1 aromatic heterocycles. The Kier molecular flexibility index (Phi) is 7.45. The third-order valence-electron chi connectivity index (χ3n) is 7.06. The Bertz CT molecular complexity index is 1750. The maximum Gasteiger partial charge on any atom is 0.417 e. The molecule has 1 fully saturated rings. The van der Waals surface area contributed by atoms with Gasteiger partial charge < -0.3 is 9.47 Å². The summed E-state index contributed by atoms with van der Waals surface area (Å²) in [4.78, 5) is 27.9. The number of carbonyl (C=O) groups excluding carboxylic acids is 1. The van der Waals surface area contributed by atoms with Gasteiger partial charge in [-0.3, -0.25) is 9.59 Å². The van der Waals surface area contributed by atoms with Gasteiger partial charge in [-0.05, 0) is 59.9 Å². The predicted molar refractivity (Wildman–Crippen MR) is 142 cm³/mol. The number of amides is 1. The molecule has 1 amide bonds. The second-order valence-electron chi connectivity index (χ2n) is 9.72. The summed E-state index contributed by atoms with van der Waals surface area (Å²) in [6.07, 6.45) is -3.15. The molecule has 208 valence electrons. The monoisotopic (exact) mass is 563 g/mol. The summed E-state index contributed by atoms with van der Waals surface area (Å²) in [5.41, 5.74) is -2.33. The van der Waals surface area contributed by atoms with Crippen LogP contribution in [-0.2, 0) is 12.7 Å². The number of halogens is 5. The van der Waals surface area contributed by atoms with Gasteiger partial charge in [-0.25, -0.2) is 8.78 Å². The number of likely N-dealkylation sites (tertiary alicyclic amines) is 1. The van der Waals surface area contributed by atoms with Crippen LogP contribution in [0.4, 0.5) is 22.0 Å². The number of aromatic nitrogens is 1. The Hall–Kier alpha value is -4.78. The first-order chi connectivity index (χ1) is 19.6. The molecule has 1 aliphatic heterocycles. The second-order valence-corrected chi connectivity index (χ2v) is 9.72. The Morgan fingerprint density at radius 1 is 0.878 bits per heavy atom. The quantitative estimate of drug-likeness (QED) is 0.256. The Morgan fingerprint density at radius 2 is 1.54 bits per heavy atom. The molecular formula is C31H22F5N3O2. The maximum atomic E-state index is 14.5. The van der Waals surface area contributed by atoms with Crippen LogP contribution in [0, 0.1) is 23.0 Å². The average molecular weight is 564 g/mol. The number of pyridine rings is 1. The predicted octanol–water partition coefficient (Wildman–Crippen LogP) is 6.64. The molecule has 4 aromatic rings. The lowest BCUT2D eigenvalue weighted by Crippen LogP contribution is -2.29. The molecule has 0 N–H and O–H groups in total. The van der Waals surface area contributed by atoms with Crippen molar-refractivity contribution in [2.75, 3.05) is 13.1 Å². The van der Waals surface area contributed by atoms with Crippen LogP contribution >= 0.6 is 0 Å². The Labute approximate surface area is 231 Å². The third-order valence-corrected chi connectivity index (χ3v) is 7.06. The number of hydrogen-bond donors (Lipinski definition) is 0. The fourth-order valence-corrected chi connectivity index (χ4v) is 4.99. The van der Waals surface area contributed by atoms with Crippen LogP contribution in [0.1, 0.15) is 39.9 Å². The molecular weight excluding hydrogens is 541 g/mol. The molecule has 0 bridgehead atoms. The van der Waals surface area contributed by atoms with Crippen LogP contribution in [0.5, 0.6) is 0 Å². The molecule has 1 aliphatic rings. The summed E-state index contributed by atoms with van der Waals surface area (Å²) in [7, 11) is 0. The van der Waals surface area contributed by atoms with Crippen LogP contribution in [0.3, 0.4) is 0 Å². The molecule has 1 saturated heterocycles.